The van der Waals surface area contributed by atoms with Gasteiger partial charge in [-0.1, -0.05) is 0 Å². The Labute approximate surface area is 99.2 Å². The van der Waals surface area contributed by atoms with E-state index in [0.29, 0.717) is 0 Å². The van der Waals surface area contributed by atoms with Crippen LogP contribution >= 0.6 is 0 Å². The zero-order chi connectivity index (χ0) is 11.0. The predicted molar refractivity (Wildman–Crippen MR) is 66.6 cm³/mol. The topological polar surface area (TPSA) is 18.5 Å². The van der Waals surface area contributed by atoms with Gasteiger partial charge in [-0.15, -0.1) is 0 Å². The summed E-state index contributed by atoms with van der Waals surface area (Å²) in [7, 11) is 2.12. The van der Waals surface area contributed by atoms with Crippen molar-refractivity contribution < 1.29 is 0 Å². The van der Waals surface area contributed by atoms with Crippen LogP contribution in [0.1, 0.15) is 25.7 Å². The van der Waals surface area contributed by atoms with E-state index in [4.69, 9.17) is 0 Å². The molecule has 0 aromatic carbocycles. The molecular weight excluding hydrogens is 198 g/mol. The summed E-state index contributed by atoms with van der Waals surface area (Å²) >= 11 is 0. The van der Waals surface area contributed by atoms with E-state index in [2.05, 4.69) is 22.2 Å². The molecule has 0 radical (unpaired) electrons. The summed E-state index contributed by atoms with van der Waals surface area (Å²) in [6, 6.07) is 1.64. The zero-order valence-corrected chi connectivity index (χ0v) is 10.5. The van der Waals surface area contributed by atoms with Gasteiger partial charge in [-0.05, 0) is 58.3 Å². The molecule has 3 saturated heterocycles. The average molecular weight is 223 g/mol. The molecule has 4 unspecified atom stereocenters. The summed E-state index contributed by atoms with van der Waals surface area (Å²) in [6.45, 7) is 6.73. The van der Waals surface area contributed by atoms with Crippen molar-refractivity contribution >= 4 is 0 Å². The van der Waals surface area contributed by atoms with Crippen molar-refractivity contribution in [2.24, 2.45) is 5.92 Å². The Balaban J connectivity index is 1.63. The van der Waals surface area contributed by atoms with Gasteiger partial charge in [0, 0.05) is 25.2 Å². The lowest BCUT2D eigenvalue weighted by Crippen LogP contribution is -2.53. The summed E-state index contributed by atoms with van der Waals surface area (Å²) in [4.78, 5) is 5.44. The van der Waals surface area contributed by atoms with E-state index < -0.39 is 0 Å². The third-order valence-electron chi connectivity index (χ3n) is 4.92. The fourth-order valence-corrected chi connectivity index (χ4v) is 3.95. The van der Waals surface area contributed by atoms with Crippen LogP contribution in [0.2, 0.25) is 0 Å². The van der Waals surface area contributed by atoms with Crippen molar-refractivity contribution in [2.45, 2.75) is 37.8 Å². The van der Waals surface area contributed by atoms with Crippen molar-refractivity contribution in [1.82, 2.24) is 15.1 Å². The number of likely N-dealkylation sites (N-methyl/N-ethyl adjacent to an activating group) is 1. The van der Waals surface area contributed by atoms with Crippen LogP contribution in [0.5, 0.6) is 0 Å². The first-order valence-corrected chi connectivity index (χ1v) is 7.00. The standard InChI is InChI=1S/C13H25N3/c1-14-12-3-2-6-16(10-12)13-5-8-15-7-4-11(13)9-15/h11-14H,2-10H2,1H3. The van der Waals surface area contributed by atoms with Crippen LogP contribution in [-0.2, 0) is 0 Å². The highest BCUT2D eigenvalue weighted by Crippen LogP contribution is 2.31. The smallest absolute Gasteiger partial charge is 0.0192 e. The van der Waals surface area contributed by atoms with E-state index in [1.165, 1.54) is 58.4 Å². The molecule has 92 valence electrons. The Bertz CT molecular complexity index is 243. The summed E-state index contributed by atoms with van der Waals surface area (Å²) in [5, 5.41) is 3.46. The lowest BCUT2D eigenvalue weighted by Gasteiger charge is -2.43. The number of nitrogens with zero attached hydrogens (tertiary/aromatic N) is 2. The maximum atomic E-state index is 3.46. The van der Waals surface area contributed by atoms with E-state index in [1.54, 1.807) is 0 Å². The van der Waals surface area contributed by atoms with Gasteiger partial charge in [0.15, 0.2) is 0 Å². The lowest BCUT2D eigenvalue weighted by atomic mass is 9.90. The summed E-state index contributed by atoms with van der Waals surface area (Å²) < 4.78 is 0. The minimum absolute atomic E-state index is 0.744. The first kappa shape index (κ1) is 11.0. The third-order valence-corrected chi connectivity index (χ3v) is 4.92. The SMILES string of the molecule is CNC1CCCN(C2CCN3CCC2C3)C1. The second-order valence-electron chi connectivity index (χ2n) is 5.83. The van der Waals surface area contributed by atoms with Gasteiger partial charge < -0.3 is 10.2 Å². The fourth-order valence-electron chi connectivity index (χ4n) is 3.95. The molecule has 2 bridgehead atoms. The molecule has 0 saturated carbocycles. The summed E-state index contributed by atoms with van der Waals surface area (Å²) in [5.41, 5.74) is 0. The van der Waals surface area contributed by atoms with Crippen molar-refractivity contribution in [3.8, 4) is 0 Å². The fraction of sp³-hybridized carbons (Fsp3) is 1.00. The maximum absolute atomic E-state index is 3.46. The number of fused-ring (bicyclic) bond motifs is 2. The van der Waals surface area contributed by atoms with E-state index in [-0.39, 0.29) is 0 Å². The van der Waals surface area contributed by atoms with Gasteiger partial charge in [-0.25, -0.2) is 0 Å². The van der Waals surface area contributed by atoms with Gasteiger partial charge in [-0.3, -0.25) is 4.90 Å². The quantitative estimate of drug-likeness (QED) is 0.746. The van der Waals surface area contributed by atoms with Crippen molar-refractivity contribution in [3.05, 3.63) is 0 Å². The van der Waals surface area contributed by atoms with Crippen LogP contribution in [-0.4, -0.2) is 61.7 Å². The molecule has 3 aliphatic heterocycles. The monoisotopic (exact) mass is 223 g/mol. The van der Waals surface area contributed by atoms with E-state index in [9.17, 15) is 0 Å². The number of hydrogen-bond donors (Lipinski definition) is 1. The molecule has 0 spiro atoms. The molecule has 4 atom stereocenters. The predicted octanol–water partition coefficient (Wildman–Crippen LogP) is 0.764. The summed E-state index contributed by atoms with van der Waals surface area (Å²) in [6.07, 6.45) is 5.63. The molecule has 0 amide bonds. The Morgan fingerprint density at radius 3 is 2.75 bits per heavy atom. The van der Waals surface area contributed by atoms with Crippen LogP contribution in [0.4, 0.5) is 0 Å². The molecule has 1 N–H and O–H groups in total. The molecule has 0 aliphatic carbocycles. The number of piperidine rings is 2. The highest BCUT2D eigenvalue weighted by molar-refractivity contribution is 4.94. The molecule has 3 aliphatic rings. The average Bonchev–Trinajstić information content (AvgIpc) is 2.71. The first-order valence-electron chi connectivity index (χ1n) is 7.00. The minimum atomic E-state index is 0.744. The van der Waals surface area contributed by atoms with Crippen molar-refractivity contribution in [2.75, 3.05) is 39.8 Å². The molecule has 16 heavy (non-hydrogen) atoms. The highest BCUT2D eigenvalue weighted by Gasteiger charge is 2.38. The van der Waals surface area contributed by atoms with Gasteiger partial charge in [0.2, 0.25) is 0 Å². The molecule has 0 aromatic rings. The van der Waals surface area contributed by atoms with Crippen LogP contribution in [0.15, 0.2) is 0 Å². The lowest BCUT2D eigenvalue weighted by molar-refractivity contribution is 0.0711. The van der Waals surface area contributed by atoms with Gasteiger partial charge in [0.1, 0.15) is 0 Å². The van der Waals surface area contributed by atoms with Gasteiger partial charge in [-0.2, -0.15) is 0 Å². The number of likely N-dealkylation sites (tertiary alicyclic amines) is 1. The first-order chi connectivity index (χ1) is 7.86. The molecule has 0 aromatic heterocycles. The van der Waals surface area contributed by atoms with E-state index >= 15 is 0 Å². The zero-order valence-electron chi connectivity index (χ0n) is 10.5. The number of rotatable bonds is 2. The van der Waals surface area contributed by atoms with Crippen LogP contribution in [0, 0.1) is 5.92 Å². The Morgan fingerprint density at radius 1 is 1.00 bits per heavy atom. The minimum Gasteiger partial charge on any atom is -0.316 e. The number of nitrogens with one attached hydrogen (secondary N) is 1. The Kier molecular flexibility index (Phi) is 3.18. The summed E-state index contributed by atoms with van der Waals surface area (Å²) in [5.74, 6) is 0.976. The molecule has 3 rings (SSSR count). The van der Waals surface area contributed by atoms with Gasteiger partial charge >= 0.3 is 0 Å². The Morgan fingerprint density at radius 2 is 1.88 bits per heavy atom. The van der Waals surface area contributed by atoms with Crippen LogP contribution in [0.3, 0.4) is 0 Å². The van der Waals surface area contributed by atoms with E-state index in [0.717, 1.165) is 18.0 Å². The highest BCUT2D eigenvalue weighted by atomic mass is 15.2. The van der Waals surface area contributed by atoms with Crippen LogP contribution in [0.25, 0.3) is 0 Å². The van der Waals surface area contributed by atoms with Gasteiger partial charge in [0.05, 0.1) is 0 Å². The normalized spacial score (nSPS) is 44.8. The molecule has 3 heterocycles. The van der Waals surface area contributed by atoms with E-state index in [1.807, 2.05) is 0 Å². The van der Waals surface area contributed by atoms with Crippen molar-refractivity contribution in [1.29, 1.82) is 0 Å². The molecule has 3 fully saturated rings. The second kappa shape index (κ2) is 4.63. The third kappa shape index (κ3) is 2.01. The molecule has 3 nitrogen and oxygen atoms in total. The maximum Gasteiger partial charge on any atom is 0.0192 e. The molecular formula is C13H25N3. The van der Waals surface area contributed by atoms with Crippen LogP contribution < -0.4 is 5.32 Å². The largest absolute Gasteiger partial charge is 0.316 e. The second-order valence-corrected chi connectivity index (χ2v) is 5.83. The Hall–Kier alpha value is -0.120. The number of hydrogen-bond acceptors (Lipinski definition) is 3. The van der Waals surface area contributed by atoms with Gasteiger partial charge in [0.25, 0.3) is 0 Å². The van der Waals surface area contributed by atoms with Crippen molar-refractivity contribution in [3.63, 3.8) is 0 Å². The molecule has 3 heteroatoms.